The lowest BCUT2D eigenvalue weighted by Gasteiger charge is -2.17. The van der Waals surface area contributed by atoms with Crippen molar-refractivity contribution in [2.24, 2.45) is 0 Å². The van der Waals surface area contributed by atoms with Gasteiger partial charge in [0.2, 0.25) is 0 Å². The lowest BCUT2D eigenvalue weighted by molar-refractivity contribution is -0.129. The zero-order valence-corrected chi connectivity index (χ0v) is 16.4. The molecule has 1 N–H and O–H groups in total. The highest BCUT2D eigenvalue weighted by atomic mass is 32.2. The molecule has 1 aliphatic rings. The van der Waals surface area contributed by atoms with Gasteiger partial charge in [-0.2, -0.15) is 0 Å². The summed E-state index contributed by atoms with van der Waals surface area (Å²) in [6.45, 7) is 3.47. The van der Waals surface area contributed by atoms with Gasteiger partial charge in [-0.25, -0.2) is 4.79 Å². The molecule has 0 saturated heterocycles. The number of rotatable bonds is 7. The highest BCUT2D eigenvalue weighted by Gasteiger charge is 2.24. The number of aromatic nitrogens is 1. The fourth-order valence-corrected chi connectivity index (χ4v) is 3.98. The van der Waals surface area contributed by atoms with Gasteiger partial charge in [0, 0.05) is 17.0 Å². The number of thioether (sulfide) groups is 1. The van der Waals surface area contributed by atoms with Crippen LogP contribution in [-0.4, -0.2) is 29.2 Å². The van der Waals surface area contributed by atoms with Crippen LogP contribution < -0.4 is 5.32 Å². The molecule has 1 unspecified atom stereocenters. The van der Waals surface area contributed by atoms with Gasteiger partial charge in [-0.1, -0.05) is 30.1 Å². The Morgan fingerprint density at radius 1 is 1.33 bits per heavy atom. The Labute approximate surface area is 163 Å². The maximum Gasteiger partial charge on any atom is 0.340 e. The van der Waals surface area contributed by atoms with Crippen molar-refractivity contribution in [3.63, 3.8) is 0 Å². The molecule has 1 saturated carbocycles. The van der Waals surface area contributed by atoms with E-state index in [-0.39, 0.29) is 11.9 Å². The third-order valence-corrected chi connectivity index (χ3v) is 5.60. The van der Waals surface area contributed by atoms with Crippen molar-refractivity contribution >= 4 is 23.6 Å². The first-order chi connectivity index (χ1) is 13.0. The van der Waals surface area contributed by atoms with E-state index in [4.69, 9.17) is 9.26 Å². The van der Waals surface area contributed by atoms with Gasteiger partial charge in [0.1, 0.15) is 5.76 Å². The first-order valence-corrected chi connectivity index (χ1v) is 10.2. The molecule has 1 aromatic carbocycles. The molecule has 27 heavy (non-hydrogen) atoms. The van der Waals surface area contributed by atoms with Gasteiger partial charge in [-0.3, -0.25) is 4.79 Å². The van der Waals surface area contributed by atoms with E-state index in [0.717, 1.165) is 42.0 Å². The van der Waals surface area contributed by atoms with Gasteiger partial charge in [-0.05, 0) is 38.8 Å². The quantitative estimate of drug-likeness (QED) is 0.573. The van der Waals surface area contributed by atoms with Crippen molar-refractivity contribution in [3.05, 3.63) is 47.3 Å². The molecule has 1 atom stereocenters. The number of nitrogens with one attached hydrogen (secondary N) is 1. The predicted molar refractivity (Wildman–Crippen MR) is 103 cm³/mol. The van der Waals surface area contributed by atoms with Crippen molar-refractivity contribution in [2.75, 3.05) is 0 Å². The number of aryl methyl sites for hydroxylation is 1. The Morgan fingerprint density at radius 3 is 2.78 bits per heavy atom. The van der Waals surface area contributed by atoms with E-state index < -0.39 is 12.1 Å². The Bertz CT molecular complexity index is 799. The SMILES string of the molecule is Cc1cc(CSc2ccccc2C(=O)OC(C)C(=O)NC2CCCC2)on1. The molecule has 0 spiro atoms. The number of carbonyl (C=O) groups excluding carboxylic acids is 2. The molecular formula is C20H24N2O4S. The molecule has 1 fully saturated rings. The average molecular weight is 388 g/mol. The minimum atomic E-state index is -0.826. The van der Waals surface area contributed by atoms with Crippen LogP contribution in [0.25, 0.3) is 0 Å². The molecular weight excluding hydrogens is 364 g/mol. The molecule has 2 aromatic rings. The summed E-state index contributed by atoms with van der Waals surface area (Å²) in [4.78, 5) is 25.6. The zero-order valence-electron chi connectivity index (χ0n) is 15.6. The minimum absolute atomic E-state index is 0.201. The molecule has 1 heterocycles. The maximum absolute atomic E-state index is 12.6. The van der Waals surface area contributed by atoms with E-state index in [9.17, 15) is 9.59 Å². The average Bonchev–Trinajstić information content (AvgIpc) is 3.31. The highest BCUT2D eigenvalue weighted by molar-refractivity contribution is 7.98. The summed E-state index contributed by atoms with van der Waals surface area (Å²) in [7, 11) is 0. The fraction of sp³-hybridized carbons (Fsp3) is 0.450. The predicted octanol–water partition coefficient (Wildman–Crippen LogP) is 3.88. The number of hydrogen-bond donors (Lipinski definition) is 1. The number of amides is 1. The number of ether oxygens (including phenoxy) is 1. The molecule has 0 radical (unpaired) electrons. The summed E-state index contributed by atoms with van der Waals surface area (Å²) in [5, 5.41) is 6.82. The van der Waals surface area contributed by atoms with Crippen molar-refractivity contribution in [1.29, 1.82) is 0 Å². The van der Waals surface area contributed by atoms with Crippen molar-refractivity contribution in [2.45, 2.75) is 62.3 Å². The van der Waals surface area contributed by atoms with Gasteiger partial charge in [0.05, 0.1) is 17.0 Å². The molecule has 0 aliphatic heterocycles. The summed E-state index contributed by atoms with van der Waals surface area (Å²) in [6.07, 6.45) is 3.43. The first-order valence-electron chi connectivity index (χ1n) is 9.18. The Hall–Kier alpha value is -2.28. The monoisotopic (exact) mass is 388 g/mol. The minimum Gasteiger partial charge on any atom is -0.449 e. The zero-order chi connectivity index (χ0) is 19.2. The number of hydrogen-bond acceptors (Lipinski definition) is 6. The summed E-state index contributed by atoms with van der Waals surface area (Å²) in [5.74, 6) is 0.562. The van der Waals surface area contributed by atoms with E-state index in [1.165, 1.54) is 11.8 Å². The first kappa shape index (κ1) is 19.5. The summed E-state index contributed by atoms with van der Waals surface area (Å²) in [5.41, 5.74) is 1.26. The van der Waals surface area contributed by atoms with Gasteiger partial charge < -0.3 is 14.6 Å². The second-order valence-corrected chi connectivity index (χ2v) is 7.77. The van der Waals surface area contributed by atoms with E-state index in [0.29, 0.717) is 11.3 Å². The molecule has 1 amide bonds. The molecule has 1 aliphatic carbocycles. The molecule has 6 nitrogen and oxygen atoms in total. The third kappa shape index (κ3) is 5.35. The Morgan fingerprint density at radius 2 is 2.07 bits per heavy atom. The Kier molecular flexibility index (Phi) is 6.55. The molecule has 0 bridgehead atoms. The van der Waals surface area contributed by atoms with Crippen LogP contribution in [0.3, 0.4) is 0 Å². The maximum atomic E-state index is 12.6. The van der Waals surface area contributed by atoms with Crippen LogP contribution in [0.1, 0.15) is 54.4 Å². The number of nitrogens with zero attached hydrogens (tertiary/aromatic N) is 1. The lowest BCUT2D eigenvalue weighted by Crippen LogP contribution is -2.40. The highest BCUT2D eigenvalue weighted by Crippen LogP contribution is 2.27. The van der Waals surface area contributed by atoms with Gasteiger partial charge in [0.25, 0.3) is 5.91 Å². The fourth-order valence-electron chi connectivity index (χ4n) is 3.06. The second kappa shape index (κ2) is 9.08. The third-order valence-electron chi connectivity index (χ3n) is 4.51. The molecule has 144 valence electrons. The standard InChI is InChI=1S/C20H24N2O4S/c1-13-11-16(26-22-13)12-27-18-10-6-5-9-17(18)20(24)25-14(2)19(23)21-15-7-3-4-8-15/h5-6,9-11,14-15H,3-4,7-8,12H2,1-2H3,(H,21,23). The molecule has 1 aromatic heterocycles. The second-order valence-electron chi connectivity index (χ2n) is 6.76. The normalized spacial score (nSPS) is 15.5. The van der Waals surface area contributed by atoms with Crippen LogP contribution in [0.2, 0.25) is 0 Å². The molecule has 7 heteroatoms. The van der Waals surface area contributed by atoms with Crippen LogP contribution in [-0.2, 0) is 15.3 Å². The number of benzene rings is 1. The Balaban J connectivity index is 1.59. The van der Waals surface area contributed by atoms with Gasteiger partial charge in [-0.15, -0.1) is 11.8 Å². The summed E-state index contributed by atoms with van der Waals surface area (Å²) >= 11 is 1.47. The number of esters is 1. The van der Waals surface area contributed by atoms with E-state index >= 15 is 0 Å². The van der Waals surface area contributed by atoms with Crippen LogP contribution in [0.5, 0.6) is 0 Å². The smallest absolute Gasteiger partial charge is 0.340 e. The lowest BCUT2D eigenvalue weighted by atomic mass is 10.2. The van der Waals surface area contributed by atoms with Crippen LogP contribution in [0.15, 0.2) is 39.8 Å². The number of carbonyl (C=O) groups is 2. The largest absolute Gasteiger partial charge is 0.449 e. The summed E-state index contributed by atoms with van der Waals surface area (Å²) < 4.78 is 10.6. The van der Waals surface area contributed by atoms with Crippen LogP contribution in [0, 0.1) is 6.92 Å². The van der Waals surface area contributed by atoms with Crippen LogP contribution >= 0.6 is 11.8 Å². The van der Waals surface area contributed by atoms with E-state index in [2.05, 4.69) is 10.5 Å². The topological polar surface area (TPSA) is 81.4 Å². The van der Waals surface area contributed by atoms with Gasteiger partial charge >= 0.3 is 5.97 Å². The van der Waals surface area contributed by atoms with Crippen molar-refractivity contribution < 1.29 is 18.8 Å². The van der Waals surface area contributed by atoms with E-state index in [1.54, 1.807) is 19.1 Å². The van der Waals surface area contributed by atoms with E-state index in [1.807, 2.05) is 25.1 Å². The van der Waals surface area contributed by atoms with Gasteiger partial charge in [0.15, 0.2) is 6.10 Å². The summed E-state index contributed by atoms with van der Waals surface area (Å²) in [6, 6.07) is 9.27. The van der Waals surface area contributed by atoms with Crippen molar-refractivity contribution in [1.82, 2.24) is 10.5 Å². The van der Waals surface area contributed by atoms with Crippen molar-refractivity contribution in [3.8, 4) is 0 Å². The van der Waals surface area contributed by atoms with Crippen LogP contribution in [0.4, 0.5) is 0 Å². The molecule has 3 rings (SSSR count).